The number of benzene rings is 1. The largest absolute Gasteiger partial charge is 0.489 e. The summed E-state index contributed by atoms with van der Waals surface area (Å²) < 4.78 is 5.51. The third kappa shape index (κ3) is 3.30. The highest BCUT2D eigenvalue weighted by Gasteiger charge is 2.15. The van der Waals surface area contributed by atoms with Crippen LogP contribution in [0.2, 0.25) is 0 Å². The predicted octanol–water partition coefficient (Wildman–Crippen LogP) is 0.526. The molecule has 24 heavy (non-hydrogen) atoms. The van der Waals surface area contributed by atoms with Gasteiger partial charge in [-0.3, -0.25) is 4.79 Å². The molecule has 6 N–H and O–H groups in total. The number of aliphatic hydroxyl groups excluding tert-OH is 1. The summed E-state index contributed by atoms with van der Waals surface area (Å²) in [5.74, 6) is 0.729. The van der Waals surface area contributed by atoms with E-state index in [9.17, 15) is 9.90 Å². The molecule has 1 atom stereocenters. The Morgan fingerprint density at radius 3 is 3.08 bits per heavy atom. The number of β-amino-alcohol motifs (C(OH)–C–C–N with tert-alkyl or cyclic N) is 1. The minimum absolute atomic E-state index is 0.217. The van der Waals surface area contributed by atoms with Crippen molar-refractivity contribution >= 4 is 29.0 Å². The fourth-order valence-corrected chi connectivity index (χ4v) is 2.29. The third-order valence-electron chi connectivity index (χ3n) is 3.49. The zero-order valence-corrected chi connectivity index (χ0v) is 13.0. The van der Waals surface area contributed by atoms with E-state index in [1.165, 1.54) is 6.20 Å². The van der Waals surface area contributed by atoms with Crippen LogP contribution in [0, 0.1) is 0 Å². The molecule has 1 aliphatic rings. The number of aromatic nitrogens is 2. The van der Waals surface area contributed by atoms with Gasteiger partial charge in [0.05, 0.1) is 11.3 Å². The molecule has 0 fully saturated rings. The number of hydrogen-bond donors (Lipinski definition) is 5. The van der Waals surface area contributed by atoms with E-state index in [1.807, 2.05) is 12.1 Å². The first-order chi connectivity index (χ1) is 11.6. The number of fused-ring (bicyclic) bond motifs is 1. The maximum atomic E-state index is 11.3. The average Bonchev–Trinajstić information content (AvgIpc) is 2.76. The van der Waals surface area contributed by atoms with Gasteiger partial charge in [0.2, 0.25) is 5.95 Å². The molecule has 3 rings (SSSR count). The number of anilines is 4. The smallest absolute Gasteiger partial charge is 0.254 e. The third-order valence-corrected chi connectivity index (χ3v) is 3.49. The molecule has 0 bridgehead atoms. The molecule has 0 spiro atoms. The summed E-state index contributed by atoms with van der Waals surface area (Å²) in [5, 5.41) is 18.6. The van der Waals surface area contributed by atoms with Gasteiger partial charge in [0.15, 0.2) is 0 Å². The molecule has 126 valence electrons. The van der Waals surface area contributed by atoms with Gasteiger partial charge in [0, 0.05) is 25.5 Å². The molecule has 9 nitrogen and oxygen atoms in total. The van der Waals surface area contributed by atoms with Crippen LogP contribution in [0.15, 0.2) is 24.4 Å². The molecule has 1 aromatic carbocycles. The number of nitrogens with one attached hydrogen (secondary N) is 3. The van der Waals surface area contributed by atoms with E-state index >= 15 is 0 Å². The first-order valence-electron chi connectivity index (χ1n) is 7.37. The van der Waals surface area contributed by atoms with Gasteiger partial charge in [0.25, 0.3) is 5.91 Å². The van der Waals surface area contributed by atoms with Crippen molar-refractivity contribution in [1.29, 1.82) is 0 Å². The summed E-state index contributed by atoms with van der Waals surface area (Å²) in [6.07, 6.45) is 0.807. The van der Waals surface area contributed by atoms with E-state index < -0.39 is 12.0 Å². The molecule has 1 amide bonds. The highest BCUT2D eigenvalue weighted by molar-refractivity contribution is 5.97. The van der Waals surface area contributed by atoms with E-state index in [2.05, 4.69) is 25.9 Å². The maximum Gasteiger partial charge on any atom is 0.254 e. The molecule has 2 aromatic rings. The number of ether oxygens (including phenoxy) is 1. The van der Waals surface area contributed by atoms with Crippen LogP contribution in [0.25, 0.3) is 0 Å². The van der Waals surface area contributed by atoms with Crippen molar-refractivity contribution in [2.45, 2.75) is 6.10 Å². The number of rotatable bonds is 4. The van der Waals surface area contributed by atoms with Crippen LogP contribution >= 0.6 is 0 Å². The molecular weight excluding hydrogens is 312 g/mol. The molecule has 9 heteroatoms. The summed E-state index contributed by atoms with van der Waals surface area (Å²) in [6.45, 7) is 0.653. The second-order valence-corrected chi connectivity index (χ2v) is 5.25. The van der Waals surface area contributed by atoms with E-state index in [0.29, 0.717) is 24.1 Å². The Morgan fingerprint density at radius 2 is 2.33 bits per heavy atom. The standard InChI is InChI=1S/C15H18N6O3/c1-17-14-10(13(16)23)6-19-15(21-14)20-8-2-3-12-11(4-8)18-5-9(22)7-24-12/h2-4,6,9,18,22H,5,7H2,1H3,(H2,16,23)(H2,17,19,20,21)/t9-/m0/s1. The Bertz CT molecular complexity index is 767. The van der Waals surface area contributed by atoms with Crippen molar-refractivity contribution in [2.75, 3.05) is 36.1 Å². The van der Waals surface area contributed by atoms with Crippen molar-refractivity contribution in [3.63, 3.8) is 0 Å². The van der Waals surface area contributed by atoms with Crippen molar-refractivity contribution in [2.24, 2.45) is 5.73 Å². The number of carbonyl (C=O) groups is 1. The molecule has 0 saturated carbocycles. The fraction of sp³-hybridized carbons (Fsp3) is 0.267. The monoisotopic (exact) mass is 330 g/mol. The highest BCUT2D eigenvalue weighted by Crippen LogP contribution is 2.30. The molecule has 0 saturated heterocycles. The van der Waals surface area contributed by atoms with Crippen molar-refractivity contribution in [3.8, 4) is 5.75 Å². The minimum atomic E-state index is -0.601. The SMILES string of the molecule is CNc1nc(Nc2ccc3c(c2)NC[C@H](O)CO3)ncc1C(N)=O. The van der Waals surface area contributed by atoms with Crippen LogP contribution in [0.1, 0.15) is 10.4 Å². The van der Waals surface area contributed by atoms with E-state index in [4.69, 9.17) is 10.5 Å². The van der Waals surface area contributed by atoms with Gasteiger partial charge in [0.1, 0.15) is 24.3 Å². The zero-order valence-electron chi connectivity index (χ0n) is 13.0. The molecule has 1 aromatic heterocycles. The molecule has 0 aliphatic carbocycles. The number of aliphatic hydroxyl groups is 1. The number of hydrogen-bond acceptors (Lipinski definition) is 8. The Balaban J connectivity index is 1.83. The van der Waals surface area contributed by atoms with E-state index in [1.54, 1.807) is 13.1 Å². The summed E-state index contributed by atoms with van der Waals surface area (Å²) >= 11 is 0. The maximum absolute atomic E-state index is 11.3. The zero-order chi connectivity index (χ0) is 17.1. The van der Waals surface area contributed by atoms with Crippen LogP contribution in [-0.4, -0.2) is 47.3 Å². The number of primary amides is 1. The van der Waals surface area contributed by atoms with Crippen molar-refractivity contribution < 1.29 is 14.6 Å². The quantitative estimate of drug-likeness (QED) is 0.548. The summed E-state index contributed by atoms with van der Waals surface area (Å²) in [5.41, 5.74) is 6.98. The number of amides is 1. The lowest BCUT2D eigenvalue weighted by Gasteiger charge is -2.12. The molecule has 0 radical (unpaired) electrons. The van der Waals surface area contributed by atoms with Gasteiger partial charge in [-0.25, -0.2) is 4.98 Å². The van der Waals surface area contributed by atoms with Gasteiger partial charge in [-0.15, -0.1) is 0 Å². The Hall–Kier alpha value is -3.07. The number of nitrogens with two attached hydrogens (primary N) is 1. The van der Waals surface area contributed by atoms with Gasteiger partial charge >= 0.3 is 0 Å². The first-order valence-corrected chi connectivity index (χ1v) is 7.37. The number of nitrogens with zero attached hydrogens (tertiary/aromatic N) is 2. The van der Waals surface area contributed by atoms with Crippen LogP contribution < -0.4 is 26.4 Å². The first kappa shape index (κ1) is 15.8. The van der Waals surface area contributed by atoms with Gasteiger partial charge < -0.3 is 31.5 Å². The molecule has 1 aliphatic heterocycles. The van der Waals surface area contributed by atoms with E-state index in [-0.39, 0.29) is 12.2 Å². The summed E-state index contributed by atoms with van der Waals surface area (Å²) in [7, 11) is 1.65. The molecule has 0 unspecified atom stereocenters. The van der Waals surface area contributed by atoms with Crippen LogP contribution in [0.4, 0.5) is 23.1 Å². The van der Waals surface area contributed by atoms with Crippen molar-refractivity contribution in [1.82, 2.24) is 9.97 Å². The fourth-order valence-electron chi connectivity index (χ4n) is 2.29. The Kier molecular flexibility index (Phi) is 4.34. The van der Waals surface area contributed by atoms with Crippen molar-refractivity contribution in [3.05, 3.63) is 30.0 Å². The summed E-state index contributed by atoms with van der Waals surface area (Å²) in [6, 6.07) is 5.43. The topological polar surface area (TPSA) is 134 Å². The Labute approximate surface area is 138 Å². The normalized spacial score (nSPS) is 16.2. The molecular formula is C15H18N6O3. The lowest BCUT2D eigenvalue weighted by Crippen LogP contribution is -2.23. The van der Waals surface area contributed by atoms with Gasteiger partial charge in [-0.1, -0.05) is 0 Å². The second kappa shape index (κ2) is 6.59. The Morgan fingerprint density at radius 1 is 1.50 bits per heavy atom. The van der Waals surface area contributed by atoms with Gasteiger partial charge in [-0.2, -0.15) is 4.98 Å². The number of carbonyl (C=O) groups excluding carboxylic acids is 1. The lowest BCUT2D eigenvalue weighted by molar-refractivity contribution is 0.100. The van der Waals surface area contributed by atoms with Crippen LogP contribution in [0.3, 0.4) is 0 Å². The predicted molar refractivity (Wildman–Crippen MR) is 89.8 cm³/mol. The summed E-state index contributed by atoms with van der Waals surface area (Å²) in [4.78, 5) is 19.6. The van der Waals surface area contributed by atoms with Crippen LogP contribution in [-0.2, 0) is 0 Å². The minimum Gasteiger partial charge on any atom is -0.489 e. The van der Waals surface area contributed by atoms with E-state index in [0.717, 1.165) is 11.4 Å². The molecule has 2 heterocycles. The lowest BCUT2D eigenvalue weighted by atomic mass is 10.2. The van der Waals surface area contributed by atoms with Crippen LogP contribution in [0.5, 0.6) is 5.75 Å². The highest BCUT2D eigenvalue weighted by atomic mass is 16.5. The second-order valence-electron chi connectivity index (χ2n) is 5.25. The average molecular weight is 330 g/mol. The van der Waals surface area contributed by atoms with Gasteiger partial charge in [-0.05, 0) is 18.2 Å².